The fourth-order valence-electron chi connectivity index (χ4n) is 5.36. The third kappa shape index (κ3) is 5.12. The molecule has 7 nitrogen and oxygen atoms in total. The molecule has 3 aromatic rings. The Kier molecular flexibility index (Phi) is 7.28. The average Bonchev–Trinajstić information content (AvgIpc) is 3.15. The molecule has 1 aromatic heterocycles. The van der Waals surface area contributed by atoms with E-state index in [1.165, 1.54) is 0 Å². The van der Waals surface area contributed by atoms with Crippen LogP contribution in [0.4, 0.5) is 0 Å². The Balaban J connectivity index is 1.19. The first-order valence-electron chi connectivity index (χ1n) is 12.9. The lowest BCUT2D eigenvalue weighted by atomic mass is 9.86. The van der Waals surface area contributed by atoms with Gasteiger partial charge in [-0.1, -0.05) is 31.2 Å². The number of carbonyl (C=O) groups excluding carboxylic acids is 1. The number of nitrogens with zero attached hydrogens (tertiary/aromatic N) is 1. The number of ether oxygens (including phenoxy) is 3. The molecule has 5 rings (SSSR count). The summed E-state index contributed by atoms with van der Waals surface area (Å²) in [6.45, 7) is 3.73. The maximum atomic E-state index is 13.6. The second kappa shape index (κ2) is 10.7. The van der Waals surface area contributed by atoms with Crippen LogP contribution in [0.5, 0.6) is 11.5 Å². The molecular weight excluding hydrogens is 458 g/mol. The van der Waals surface area contributed by atoms with Crippen molar-refractivity contribution in [1.29, 1.82) is 0 Å². The van der Waals surface area contributed by atoms with Crippen LogP contribution in [0, 0.1) is 11.8 Å². The number of rotatable bonds is 7. The first-order chi connectivity index (χ1) is 17.5. The molecule has 0 radical (unpaired) electrons. The Morgan fingerprint density at radius 3 is 2.33 bits per heavy atom. The maximum Gasteiger partial charge on any atom is 0.307 e. The zero-order valence-electron chi connectivity index (χ0n) is 20.7. The highest BCUT2D eigenvalue weighted by Crippen LogP contribution is 2.33. The Bertz CT molecular complexity index is 1210. The van der Waals surface area contributed by atoms with E-state index in [-0.39, 0.29) is 30.3 Å². The van der Waals surface area contributed by atoms with E-state index in [0.29, 0.717) is 26.2 Å². The fraction of sp³-hybridized carbons (Fsp3) is 0.448. The van der Waals surface area contributed by atoms with Crippen LogP contribution in [0.25, 0.3) is 10.9 Å². The largest absolute Gasteiger partial charge is 0.489 e. The van der Waals surface area contributed by atoms with Gasteiger partial charge in [0.05, 0.1) is 43.8 Å². The molecule has 2 heterocycles. The highest BCUT2D eigenvalue weighted by Gasteiger charge is 2.30. The van der Waals surface area contributed by atoms with Crippen molar-refractivity contribution in [3.8, 4) is 11.5 Å². The van der Waals surface area contributed by atoms with Gasteiger partial charge in [-0.2, -0.15) is 0 Å². The molecule has 1 N–H and O–H groups in total. The van der Waals surface area contributed by atoms with E-state index in [4.69, 9.17) is 14.2 Å². The van der Waals surface area contributed by atoms with E-state index >= 15 is 0 Å². The highest BCUT2D eigenvalue weighted by atomic mass is 16.5. The monoisotopic (exact) mass is 491 g/mol. The number of hydrogen-bond acceptors (Lipinski definition) is 5. The number of aryl methyl sites for hydroxylation is 1. The molecule has 0 atom stereocenters. The van der Waals surface area contributed by atoms with Crippen molar-refractivity contribution in [1.82, 2.24) is 4.57 Å². The van der Waals surface area contributed by atoms with Gasteiger partial charge in [0.25, 0.3) is 0 Å². The number of benzene rings is 2. The molecule has 0 bridgehead atoms. The van der Waals surface area contributed by atoms with Gasteiger partial charge in [0.15, 0.2) is 11.5 Å². The smallest absolute Gasteiger partial charge is 0.307 e. The quantitative estimate of drug-likeness (QED) is 0.493. The Morgan fingerprint density at radius 2 is 1.69 bits per heavy atom. The lowest BCUT2D eigenvalue weighted by molar-refractivity contribution is -0.136. The summed E-state index contributed by atoms with van der Waals surface area (Å²) in [5.74, 6) is 0.889. The van der Waals surface area contributed by atoms with Crippen LogP contribution < -0.4 is 9.47 Å². The van der Waals surface area contributed by atoms with Gasteiger partial charge in [0.1, 0.15) is 0 Å². The SMILES string of the molecule is CCc1cc2c(CC(=O)O)cccc2n1C(=O)C1CCC(OCC2COc3ccccc3OC2)CC1. The third-order valence-electron chi connectivity index (χ3n) is 7.33. The first-order valence-corrected chi connectivity index (χ1v) is 12.9. The van der Waals surface area contributed by atoms with Crippen molar-refractivity contribution in [2.75, 3.05) is 19.8 Å². The predicted molar refractivity (Wildman–Crippen MR) is 136 cm³/mol. The van der Waals surface area contributed by atoms with Gasteiger partial charge in [0.2, 0.25) is 5.91 Å². The van der Waals surface area contributed by atoms with Gasteiger partial charge in [0, 0.05) is 17.0 Å². The number of para-hydroxylation sites is 2. The number of hydrogen-bond donors (Lipinski definition) is 1. The molecule has 190 valence electrons. The molecule has 1 aliphatic carbocycles. The molecule has 1 saturated carbocycles. The van der Waals surface area contributed by atoms with Gasteiger partial charge in [-0.15, -0.1) is 0 Å². The Morgan fingerprint density at radius 1 is 1.00 bits per heavy atom. The number of fused-ring (bicyclic) bond motifs is 2. The van der Waals surface area contributed by atoms with Crippen LogP contribution in [-0.4, -0.2) is 47.5 Å². The molecule has 1 aliphatic heterocycles. The molecule has 2 aliphatic rings. The lowest BCUT2D eigenvalue weighted by Crippen LogP contribution is -2.32. The number of aromatic nitrogens is 1. The Labute approximate surface area is 211 Å². The minimum Gasteiger partial charge on any atom is -0.489 e. The van der Waals surface area contributed by atoms with E-state index in [1.54, 1.807) is 0 Å². The topological polar surface area (TPSA) is 87.0 Å². The van der Waals surface area contributed by atoms with Crippen molar-refractivity contribution < 1.29 is 28.9 Å². The Hall–Kier alpha value is -3.32. The summed E-state index contributed by atoms with van der Waals surface area (Å²) in [5, 5.41) is 10.1. The van der Waals surface area contributed by atoms with E-state index in [1.807, 2.05) is 60.0 Å². The maximum absolute atomic E-state index is 13.6. The first kappa shape index (κ1) is 24.4. The average molecular weight is 492 g/mol. The second-order valence-electron chi connectivity index (χ2n) is 9.83. The molecular formula is C29H33NO6. The van der Waals surface area contributed by atoms with Gasteiger partial charge in [-0.3, -0.25) is 14.2 Å². The number of carboxylic acid groups (broad SMARTS) is 1. The van der Waals surface area contributed by atoms with E-state index in [0.717, 1.165) is 59.3 Å². The lowest BCUT2D eigenvalue weighted by Gasteiger charge is -2.29. The summed E-state index contributed by atoms with van der Waals surface area (Å²) in [7, 11) is 0. The zero-order chi connectivity index (χ0) is 25.1. The summed E-state index contributed by atoms with van der Waals surface area (Å²) in [5.41, 5.74) is 2.48. The van der Waals surface area contributed by atoms with Gasteiger partial charge < -0.3 is 19.3 Å². The molecule has 0 unspecified atom stereocenters. The standard InChI is InChI=1S/C29H33NO6/c1-2-22-15-24-21(14-28(31)32)6-5-7-25(24)30(22)29(33)20-10-12-23(13-11-20)34-16-19-17-35-26-8-3-4-9-27(26)36-18-19/h3-9,15,19-20,23H,2,10-14,16-18H2,1H3,(H,31,32). The van der Waals surface area contributed by atoms with Gasteiger partial charge in [-0.25, -0.2) is 0 Å². The normalized spacial score (nSPS) is 20.2. The van der Waals surface area contributed by atoms with Crippen LogP contribution in [-0.2, 0) is 22.4 Å². The summed E-state index contributed by atoms with van der Waals surface area (Å²) < 4.78 is 19.8. The van der Waals surface area contributed by atoms with Crippen molar-refractivity contribution in [2.24, 2.45) is 11.8 Å². The van der Waals surface area contributed by atoms with Crippen LogP contribution in [0.2, 0.25) is 0 Å². The van der Waals surface area contributed by atoms with Crippen molar-refractivity contribution in [3.05, 3.63) is 59.8 Å². The number of aliphatic carboxylic acids is 1. The van der Waals surface area contributed by atoms with Gasteiger partial charge in [-0.05, 0) is 61.9 Å². The molecule has 0 spiro atoms. The molecule has 0 amide bonds. The van der Waals surface area contributed by atoms with Crippen LogP contribution in [0.1, 0.15) is 48.7 Å². The van der Waals surface area contributed by atoms with E-state index in [2.05, 4.69) is 0 Å². The minimum absolute atomic E-state index is 0.0513. The third-order valence-corrected chi connectivity index (χ3v) is 7.33. The summed E-state index contributed by atoms with van der Waals surface area (Å²) in [4.78, 5) is 24.9. The van der Waals surface area contributed by atoms with Gasteiger partial charge >= 0.3 is 5.97 Å². The predicted octanol–water partition coefficient (Wildman–Crippen LogP) is 5.13. The van der Waals surface area contributed by atoms with E-state index in [9.17, 15) is 14.7 Å². The number of carbonyl (C=O) groups is 2. The van der Waals surface area contributed by atoms with Crippen LogP contribution in [0.3, 0.4) is 0 Å². The minimum atomic E-state index is -0.871. The number of carboxylic acids is 1. The van der Waals surface area contributed by atoms with Crippen molar-refractivity contribution in [2.45, 2.75) is 51.6 Å². The van der Waals surface area contributed by atoms with Crippen molar-refractivity contribution >= 4 is 22.8 Å². The highest BCUT2D eigenvalue weighted by molar-refractivity contribution is 5.97. The fourth-order valence-corrected chi connectivity index (χ4v) is 5.36. The zero-order valence-corrected chi connectivity index (χ0v) is 20.7. The summed E-state index contributed by atoms with van der Waals surface area (Å²) >= 11 is 0. The summed E-state index contributed by atoms with van der Waals surface area (Å²) in [6, 6.07) is 15.3. The molecule has 36 heavy (non-hydrogen) atoms. The van der Waals surface area contributed by atoms with Crippen LogP contribution in [0.15, 0.2) is 48.5 Å². The molecule has 0 saturated heterocycles. The second-order valence-corrected chi connectivity index (χ2v) is 9.83. The van der Waals surface area contributed by atoms with E-state index < -0.39 is 5.97 Å². The summed E-state index contributed by atoms with van der Waals surface area (Å²) in [6.07, 6.45) is 4.04. The molecule has 2 aromatic carbocycles. The molecule has 7 heteroatoms. The molecule has 1 fully saturated rings. The van der Waals surface area contributed by atoms with Crippen molar-refractivity contribution in [3.63, 3.8) is 0 Å². The van der Waals surface area contributed by atoms with Crippen LogP contribution >= 0.6 is 0 Å².